The Balaban J connectivity index is 1.23. The van der Waals surface area contributed by atoms with E-state index >= 15 is 0 Å². The lowest BCUT2D eigenvalue weighted by atomic mass is 9.86. The molecule has 26 heavy (non-hydrogen) atoms. The third kappa shape index (κ3) is 3.59. The number of nitrogens with zero attached hydrogens (tertiary/aromatic N) is 3. The van der Waals surface area contributed by atoms with Crippen LogP contribution in [0.3, 0.4) is 0 Å². The third-order valence-corrected chi connectivity index (χ3v) is 6.72. The molecule has 7 nitrogen and oxygen atoms in total. The summed E-state index contributed by atoms with van der Waals surface area (Å²) in [6.45, 7) is 3.94. The molecule has 0 aromatic rings. The molecule has 0 spiro atoms. The van der Waals surface area contributed by atoms with Gasteiger partial charge in [0.05, 0.1) is 13.2 Å². The van der Waals surface area contributed by atoms with Crippen LogP contribution in [0.2, 0.25) is 0 Å². The zero-order chi connectivity index (χ0) is 18.1. The second-order valence-electron chi connectivity index (χ2n) is 8.22. The molecule has 0 radical (unpaired) electrons. The van der Waals surface area contributed by atoms with E-state index in [0.29, 0.717) is 64.8 Å². The number of amides is 3. The maximum atomic E-state index is 12.6. The van der Waals surface area contributed by atoms with Gasteiger partial charge in [-0.15, -0.1) is 0 Å². The van der Waals surface area contributed by atoms with Crippen LogP contribution in [0.1, 0.15) is 32.1 Å². The lowest BCUT2D eigenvalue weighted by Crippen LogP contribution is -2.55. The second-order valence-corrected chi connectivity index (χ2v) is 8.22. The Morgan fingerprint density at radius 1 is 0.769 bits per heavy atom. The maximum absolute atomic E-state index is 12.6. The topological polar surface area (TPSA) is 70.2 Å². The van der Waals surface area contributed by atoms with Crippen molar-refractivity contribution in [3.63, 3.8) is 0 Å². The molecule has 2 aliphatic heterocycles. The first-order valence-electron chi connectivity index (χ1n) is 10.1. The first kappa shape index (κ1) is 17.8. The van der Waals surface area contributed by atoms with Crippen molar-refractivity contribution in [2.45, 2.75) is 32.1 Å². The molecule has 3 atom stereocenters. The molecule has 2 bridgehead atoms. The second kappa shape index (κ2) is 7.55. The van der Waals surface area contributed by atoms with Crippen molar-refractivity contribution in [1.29, 1.82) is 0 Å². The van der Waals surface area contributed by atoms with Gasteiger partial charge in [-0.05, 0) is 37.0 Å². The summed E-state index contributed by atoms with van der Waals surface area (Å²) in [5.74, 6) is 1.55. The average Bonchev–Trinajstić information content (AvgIpc) is 3.31. The molecule has 2 saturated heterocycles. The molecule has 4 fully saturated rings. The van der Waals surface area contributed by atoms with Crippen LogP contribution in [-0.4, -0.2) is 84.9 Å². The van der Waals surface area contributed by atoms with Crippen LogP contribution in [0.25, 0.3) is 0 Å². The lowest BCUT2D eigenvalue weighted by molar-refractivity contribution is -0.155. The molecule has 0 aromatic carbocycles. The maximum Gasteiger partial charge on any atom is 0.312 e. The quantitative estimate of drug-likeness (QED) is 0.664. The SMILES string of the molecule is O=C(CC1CC2CCC1C2)N1CCN(C(=O)C(=O)N2CCOCC2)CC1. The van der Waals surface area contributed by atoms with E-state index in [1.165, 1.54) is 25.7 Å². The van der Waals surface area contributed by atoms with Gasteiger partial charge in [-0.1, -0.05) is 6.42 Å². The standard InChI is InChI=1S/C19H29N3O4/c23-17(13-16-12-14-1-2-15(16)11-14)20-3-5-21(6-4-20)18(24)19(25)22-7-9-26-10-8-22/h14-16H,1-13H2. The highest BCUT2D eigenvalue weighted by molar-refractivity contribution is 6.34. The Bertz CT molecular complexity index is 567. The predicted molar refractivity (Wildman–Crippen MR) is 94.1 cm³/mol. The van der Waals surface area contributed by atoms with Gasteiger partial charge < -0.3 is 19.4 Å². The molecule has 144 valence electrons. The van der Waals surface area contributed by atoms with Crippen molar-refractivity contribution in [2.24, 2.45) is 17.8 Å². The monoisotopic (exact) mass is 363 g/mol. The average molecular weight is 363 g/mol. The Morgan fingerprint density at radius 3 is 1.96 bits per heavy atom. The normalized spacial score (nSPS) is 31.4. The van der Waals surface area contributed by atoms with Crippen LogP contribution in [0, 0.1) is 17.8 Å². The summed E-state index contributed by atoms with van der Waals surface area (Å²) >= 11 is 0. The van der Waals surface area contributed by atoms with Gasteiger partial charge in [0.1, 0.15) is 0 Å². The van der Waals surface area contributed by atoms with Gasteiger partial charge >= 0.3 is 11.8 Å². The lowest BCUT2D eigenvalue weighted by Gasteiger charge is -2.36. The van der Waals surface area contributed by atoms with Crippen LogP contribution in [0.4, 0.5) is 0 Å². The van der Waals surface area contributed by atoms with E-state index in [4.69, 9.17) is 4.74 Å². The molecule has 2 saturated carbocycles. The molecular weight excluding hydrogens is 334 g/mol. The van der Waals surface area contributed by atoms with Gasteiger partial charge in [0.25, 0.3) is 0 Å². The number of rotatable bonds is 2. The molecule has 3 amide bonds. The minimum absolute atomic E-state index is 0.231. The number of carbonyl (C=O) groups excluding carboxylic acids is 3. The zero-order valence-corrected chi connectivity index (χ0v) is 15.4. The van der Waals surface area contributed by atoms with E-state index < -0.39 is 11.8 Å². The summed E-state index contributed by atoms with van der Waals surface area (Å²) in [4.78, 5) is 42.4. The number of fused-ring (bicyclic) bond motifs is 2. The van der Waals surface area contributed by atoms with Crippen LogP contribution in [0.5, 0.6) is 0 Å². The van der Waals surface area contributed by atoms with Gasteiger partial charge in [-0.3, -0.25) is 14.4 Å². The van der Waals surface area contributed by atoms with Crippen LogP contribution < -0.4 is 0 Å². The minimum Gasteiger partial charge on any atom is -0.378 e. The fraction of sp³-hybridized carbons (Fsp3) is 0.842. The molecule has 2 heterocycles. The van der Waals surface area contributed by atoms with Crippen LogP contribution >= 0.6 is 0 Å². The number of morpholine rings is 1. The number of carbonyl (C=O) groups is 3. The molecule has 2 aliphatic carbocycles. The largest absolute Gasteiger partial charge is 0.378 e. The Hall–Kier alpha value is -1.63. The molecule has 0 aromatic heterocycles. The zero-order valence-electron chi connectivity index (χ0n) is 15.4. The molecule has 0 N–H and O–H groups in total. The van der Waals surface area contributed by atoms with Crippen molar-refractivity contribution < 1.29 is 19.1 Å². The van der Waals surface area contributed by atoms with E-state index in [9.17, 15) is 14.4 Å². The Labute approximate surface area is 154 Å². The number of hydrogen-bond donors (Lipinski definition) is 0. The van der Waals surface area contributed by atoms with Gasteiger partial charge in [-0.25, -0.2) is 0 Å². The summed E-state index contributed by atoms with van der Waals surface area (Å²) in [7, 11) is 0. The third-order valence-electron chi connectivity index (χ3n) is 6.72. The van der Waals surface area contributed by atoms with Gasteiger partial charge in [0.2, 0.25) is 5.91 Å². The molecule has 4 aliphatic rings. The van der Waals surface area contributed by atoms with E-state index in [1.54, 1.807) is 9.80 Å². The first-order chi connectivity index (χ1) is 12.6. The summed E-state index contributed by atoms with van der Waals surface area (Å²) in [6.07, 6.45) is 5.87. The van der Waals surface area contributed by atoms with E-state index in [0.717, 1.165) is 11.8 Å². The number of ether oxygens (including phenoxy) is 1. The van der Waals surface area contributed by atoms with E-state index in [2.05, 4.69) is 0 Å². The van der Waals surface area contributed by atoms with Gasteiger partial charge in [0.15, 0.2) is 0 Å². The van der Waals surface area contributed by atoms with Crippen molar-refractivity contribution >= 4 is 17.7 Å². The summed E-state index contributed by atoms with van der Waals surface area (Å²) in [6, 6.07) is 0. The van der Waals surface area contributed by atoms with Crippen LogP contribution in [0.15, 0.2) is 0 Å². The fourth-order valence-electron chi connectivity index (χ4n) is 5.18. The molecule has 4 rings (SSSR count). The van der Waals surface area contributed by atoms with Gasteiger partial charge in [-0.2, -0.15) is 0 Å². The number of hydrogen-bond acceptors (Lipinski definition) is 4. The van der Waals surface area contributed by atoms with Gasteiger partial charge in [0, 0.05) is 45.7 Å². The molecule has 3 unspecified atom stereocenters. The van der Waals surface area contributed by atoms with Crippen molar-refractivity contribution in [2.75, 3.05) is 52.5 Å². The Morgan fingerprint density at radius 2 is 1.38 bits per heavy atom. The molecular formula is C19H29N3O4. The van der Waals surface area contributed by atoms with Crippen molar-refractivity contribution in [1.82, 2.24) is 14.7 Å². The highest BCUT2D eigenvalue weighted by Gasteiger charge is 2.41. The smallest absolute Gasteiger partial charge is 0.312 e. The van der Waals surface area contributed by atoms with Crippen molar-refractivity contribution in [3.8, 4) is 0 Å². The fourth-order valence-corrected chi connectivity index (χ4v) is 5.18. The summed E-state index contributed by atoms with van der Waals surface area (Å²) < 4.78 is 5.23. The number of piperazine rings is 1. The highest BCUT2D eigenvalue weighted by atomic mass is 16.5. The van der Waals surface area contributed by atoms with E-state index in [1.807, 2.05) is 4.90 Å². The molecule has 7 heteroatoms. The highest BCUT2D eigenvalue weighted by Crippen LogP contribution is 2.49. The predicted octanol–water partition coefficient (Wildman–Crippen LogP) is 0.342. The first-order valence-corrected chi connectivity index (χ1v) is 10.1. The summed E-state index contributed by atoms with van der Waals surface area (Å²) in [5, 5.41) is 0. The van der Waals surface area contributed by atoms with E-state index in [-0.39, 0.29) is 5.91 Å². The van der Waals surface area contributed by atoms with Crippen molar-refractivity contribution in [3.05, 3.63) is 0 Å². The minimum atomic E-state index is -0.438. The van der Waals surface area contributed by atoms with Crippen LogP contribution in [-0.2, 0) is 19.1 Å². The summed E-state index contributed by atoms with van der Waals surface area (Å²) in [5.41, 5.74) is 0. The Kier molecular flexibility index (Phi) is 5.16.